The van der Waals surface area contributed by atoms with E-state index in [0.717, 1.165) is 18.7 Å². The number of anilines is 1. The van der Waals surface area contributed by atoms with Crippen molar-refractivity contribution in [2.45, 2.75) is 6.42 Å². The molecule has 0 amide bonds. The van der Waals surface area contributed by atoms with Crippen LogP contribution in [0.2, 0.25) is 0 Å². The molecule has 0 aliphatic carbocycles. The summed E-state index contributed by atoms with van der Waals surface area (Å²) >= 11 is 0. The Morgan fingerprint density at radius 3 is 2.88 bits per heavy atom. The van der Waals surface area contributed by atoms with Gasteiger partial charge in [-0.05, 0) is 12.1 Å². The van der Waals surface area contributed by atoms with Gasteiger partial charge in [0.1, 0.15) is 11.9 Å². The number of hydrogen-bond acceptors (Lipinski definition) is 5. The van der Waals surface area contributed by atoms with E-state index in [1.54, 1.807) is 18.5 Å². The first kappa shape index (κ1) is 11.1. The van der Waals surface area contributed by atoms with Crippen LogP contribution in [-0.2, 0) is 13.5 Å². The molecule has 0 fully saturated rings. The summed E-state index contributed by atoms with van der Waals surface area (Å²) in [6.07, 6.45) is 4.47. The molecular weight excluding hydrogens is 216 g/mol. The molecule has 0 atom stereocenters. The summed E-state index contributed by atoms with van der Waals surface area (Å²) in [6.45, 7) is 0.750. The van der Waals surface area contributed by atoms with Gasteiger partial charge in [0.15, 0.2) is 5.69 Å². The molecule has 6 heteroatoms. The van der Waals surface area contributed by atoms with Gasteiger partial charge in [0.25, 0.3) is 0 Å². The third kappa shape index (κ3) is 2.78. The third-order valence-corrected chi connectivity index (χ3v) is 2.38. The van der Waals surface area contributed by atoms with Crippen molar-refractivity contribution in [3.63, 3.8) is 0 Å². The lowest BCUT2D eigenvalue weighted by atomic mass is 10.3. The highest BCUT2D eigenvalue weighted by Gasteiger charge is 1.99. The number of aryl methyl sites for hydroxylation is 1. The van der Waals surface area contributed by atoms with Gasteiger partial charge in [-0.1, -0.05) is 0 Å². The maximum Gasteiger partial charge on any atom is 0.163 e. The highest BCUT2D eigenvalue weighted by molar-refractivity contribution is 5.35. The van der Waals surface area contributed by atoms with Gasteiger partial charge in [-0.3, -0.25) is 0 Å². The summed E-state index contributed by atoms with van der Waals surface area (Å²) in [7, 11) is 1.96. The second-order valence-electron chi connectivity index (χ2n) is 3.59. The van der Waals surface area contributed by atoms with E-state index in [0.29, 0.717) is 11.5 Å². The van der Waals surface area contributed by atoms with E-state index in [9.17, 15) is 0 Å². The first-order valence-corrected chi connectivity index (χ1v) is 5.22. The fourth-order valence-electron chi connectivity index (χ4n) is 1.43. The van der Waals surface area contributed by atoms with Crippen LogP contribution in [0.25, 0.3) is 0 Å². The van der Waals surface area contributed by atoms with Gasteiger partial charge >= 0.3 is 0 Å². The normalized spacial score (nSPS) is 9.88. The fourth-order valence-corrected chi connectivity index (χ4v) is 1.43. The van der Waals surface area contributed by atoms with E-state index in [1.165, 1.54) is 0 Å². The van der Waals surface area contributed by atoms with Gasteiger partial charge in [-0.25, -0.2) is 4.98 Å². The quantitative estimate of drug-likeness (QED) is 0.834. The molecule has 1 N–H and O–H groups in total. The second-order valence-corrected chi connectivity index (χ2v) is 3.59. The molecule has 6 nitrogen and oxygen atoms in total. The molecule has 0 radical (unpaired) electrons. The van der Waals surface area contributed by atoms with Crippen LogP contribution in [0.15, 0.2) is 24.7 Å². The van der Waals surface area contributed by atoms with Crippen molar-refractivity contribution in [1.29, 1.82) is 5.26 Å². The molecule has 0 saturated heterocycles. The molecule has 0 aromatic carbocycles. The monoisotopic (exact) mass is 228 g/mol. The summed E-state index contributed by atoms with van der Waals surface area (Å²) in [6, 6.07) is 5.31. The predicted molar refractivity (Wildman–Crippen MR) is 62.1 cm³/mol. The van der Waals surface area contributed by atoms with E-state index in [1.807, 2.05) is 23.9 Å². The zero-order valence-corrected chi connectivity index (χ0v) is 9.46. The lowest BCUT2D eigenvalue weighted by molar-refractivity contribution is 0.813. The smallest absolute Gasteiger partial charge is 0.163 e. The number of rotatable bonds is 4. The van der Waals surface area contributed by atoms with Gasteiger partial charge in [0, 0.05) is 31.9 Å². The number of imidazole rings is 1. The van der Waals surface area contributed by atoms with Gasteiger partial charge in [-0.15, -0.1) is 10.2 Å². The molecule has 0 unspecified atom stereocenters. The fraction of sp³-hybridized carbons (Fsp3) is 0.273. The average Bonchev–Trinajstić information content (AvgIpc) is 2.76. The summed E-state index contributed by atoms with van der Waals surface area (Å²) < 4.78 is 1.98. The molecular formula is C11H12N6. The van der Waals surface area contributed by atoms with Crippen LogP contribution >= 0.6 is 0 Å². The first-order valence-electron chi connectivity index (χ1n) is 5.22. The summed E-state index contributed by atoms with van der Waals surface area (Å²) in [4.78, 5) is 4.04. The van der Waals surface area contributed by atoms with Crippen molar-refractivity contribution in [2.75, 3.05) is 11.9 Å². The molecule has 0 aliphatic heterocycles. The Bertz CT molecular complexity index is 522. The third-order valence-electron chi connectivity index (χ3n) is 2.38. The summed E-state index contributed by atoms with van der Waals surface area (Å²) in [5.41, 5.74) is 1.47. The first-order chi connectivity index (χ1) is 8.29. The number of nitrogens with one attached hydrogen (secondary N) is 1. The molecule has 2 rings (SSSR count). The lowest BCUT2D eigenvalue weighted by Gasteiger charge is -2.04. The van der Waals surface area contributed by atoms with Crippen LogP contribution in [-0.4, -0.2) is 26.3 Å². The Balaban J connectivity index is 1.86. The van der Waals surface area contributed by atoms with Crippen LogP contribution < -0.4 is 5.32 Å². The molecule has 0 bridgehead atoms. The van der Waals surface area contributed by atoms with E-state index >= 15 is 0 Å². The van der Waals surface area contributed by atoms with Crippen molar-refractivity contribution in [1.82, 2.24) is 19.7 Å². The summed E-state index contributed by atoms with van der Waals surface area (Å²) in [5.74, 6) is 0.672. The standard InChI is InChI=1S/C11H12N6/c1-17-8-13-7-10(17)4-5-14-11-3-2-9(6-12)15-16-11/h2-3,7-8H,4-5H2,1H3,(H,14,16). The lowest BCUT2D eigenvalue weighted by Crippen LogP contribution is -2.09. The van der Waals surface area contributed by atoms with Gasteiger partial charge in [0.2, 0.25) is 0 Å². The van der Waals surface area contributed by atoms with E-state index in [4.69, 9.17) is 5.26 Å². The zero-order valence-electron chi connectivity index (χ0n) is 9.46. The van der Waals surface area contributed by atoms with Crippen molar-refractivity contribution >= 4 is 5.82 Å². The number of nitriles is 1. The Labute approximate surface area is 98.9 Å². The van der Waals surface area contributed by atoms with E-state index < -0.39 is 0 Å². The maximum absolute atomic E-state index is 8.58. The Morgan fingerprint density at radius 1 is 1.41 bits per heavy atom. The topological polar surface area (TPSA) is 79.4 Å². The highest BCUT2D eigenvalue weighted by Crippen LogP contribution is 2.02. The second kappa shape index (κ2) is 5.07. The maximum atomic E-state index is 8.58. The van der Waals surface area contributed by atoms with Gasteiger partial charge in [-0.2, -0.15) is 5.26 Å². The van der Waals surface area contributed by atoms with E-state index in [-0.39, 0.29) is 0 Å². The molecule has 86 valence electrons. The molecule has 2 aromatic rings. The summed E-state index contributed by atoms with van der Waals surface area (Å²) in [5, 5.41) is 19.3. The van der Waals surface area contributed by atoms with Crippen LogP contribution in [0.5, 0.6) is 0 Å². The molecule has 2 heterocycles. The number of nitrogens with zero attached hydrogens (tertiary/aromatic N) is 5. The van der Waals surface area contributed by atoms with Crippen molar-refractivity contribution in [3.8, 4) is 6.07 Å². The highest BCUT2D eigenvalue weighted by atomic mass is 15.2. The van der Waals surface area contributed by atoms with Gasteiger partial charge in [0.05, 0.1) is 6.33 Å². The minimum absolute atomic E-state index is 0.321. The molecule has 17 heavy (non-hydrogen) atoms. The minimum Gasteiger partial charge on any atom is -0.368 e. The number of hydrogen-bond donors (Lipinski definition) is 1. The zero-order chi connectivity index (χ0) is 12.1. The van der Waals surface area contributed by atoms with Gasteiger partial charge < -0.3 is 9.88 Å². The van der Waals surface area contributed by atoms with E-state index in [2.05, 4.69) is 20.5 Å². The van der Waals surface area contributed by atoms with Crippen LogP contribution in [0.1, 0.15) is 11.4 Å². The molecule has 2 aromatic heterocycles. The minimum atomic E-state index is 0.321. The average molecular weight is 228 g/mol. The molecule has 0 spiro atoms. The largest absolute Gasteiger partial charge is 0.368 e. The van der Waals surface area contributed by atoms with Crippen molar-refractivity contribution < 1.29 is 0 Å². The molecule has 0 saturated carbocycles. The van der Waals surface area contributed by atoms with Crippen LogP contribution in [0.3, 0.4) is 0 Å². The van der Waals surface area contributed by atoms with Crippen molar-refractivity contribution in [2.24, 2.45) is 7.05 Å². The van der Waals surface area contributed by atoms with Crippen LogP contribution in [0.4, 0.5) is 5.82 Å². The Kier molecular flexibility index (Phi) is 3.31. The Morgan fingerprint density at radius 2 is 2.29 bits per heavy atom. The predicted octanol–water partition coefficient (Wildman–Crippen LogP) is 0.736. The van der Waals surface area contributed by atoms with Crippen LogP contribution in [0, 0.1) is 11.3 Å². The molecule has 0 aliphatic rings. The SMILES string of the molecule is Cn1cncc1CCNc1ccc(C#N)nn1. The number of aromatic nitrogens is 4. The van der Waals surface area contributed by atoms with Crippen molar-refractivity contribution in [3.05, 3.63) is 36.0 Å². The Hall–Kier alpha value is -2.42.